The summed E-state index contributed by atoms with van der Waals surface area (Å²) in [5.41, 5.74) is 3.90. The summed E-state index contributed by atoms with van der Waals surface area (Å²) < 4.78 is 0. The molecule has 196 valence electrons. The molecule has 5 rings (SSSR count). The van der Waals surface area contributed by atoms with Gasteiger partial charge < -0.3 is 19.7 Å². The van der Waals surface area contributed by atoms with Gasteiger partial charge in [-0.2, -0.15) is 0 Å². The first-order valence-electron chi connectivity index (χ1n) is 13.4. The summed E-state index contributed by atoms with van der Waals surface area (Å²) in [5.74, 6) is 0.0469. The minimum Gasteiger partial charge on any atom is -0.378 e. The Bertz CT molecular complexity index is 1260. The lowest BCUT2D eigenvalue weighted by Crippen LogP contribution is -2.54. The highest BCUT2D eigenvalue weighted by Gasteiger charge is 2.41. The number of hydrogen-bond donors (Lipinski definition) is 1. The zero-order chi connectivity index (χ0) is 26.2. The van der Waals surface area contributed by atoms with E-state index in [0.29, 0.717) is 18.8 Å². The van der Waals surface area contributed by atoms with Crippen LogP contribution in [-0.4, -0.2) is 85.9 Å². The number of benzene rings is 2. The van der Waals surface area contributed by atoms with Gasteiger partial charge >= 0.3 is 0 Å². The van der Waals surface area contributed by atoms with Gasteiger partial charge in [-0.05, 0) is 63.5 Å². The first-order chi connectivity index (χ1) is 17.8. The molecular weight excluding hydrogens is 462 g/mol. The van der Waals surface area contributed by atoms with Gasteiger partial charge in [0, 0.05) is 62.4 Å². The lowest BCUT2D eigenvalue weighted by Gasteiger charge is -2.47. The number of fused-ring (bicyclic) bond motifs is 1. The molecule has 1 atom stereocenters. The topological polar surface area (TPSA) is 62.9 Å². The molecule has 0 saturated carbocycles. The fraction of sp³-hybridized carbons (Fsp3) is 0.467. The molecule has 2 saturated heterocycles. The van der Waals surface area contributed by atoms with Crippen molar-refractivity contribution in [3.8, 4) is 0 Å². The quantitative estimate of drug-likeness (QED) is 0.570. The smallest absolute Gasteiger partial charge is 0.270 e. The van der Waals surface area contributed by atoms with Crippen LogP contribution < -0.4 is 4.90 Å². The molecule has 0 radical (unpaired) electrons. The van der Waals surface area contributed by atoms with E-state index < -0.39 is 0 Å². The SMILES string of the molecule is CN(C)c1ccc2cc(C(=O)N3CCCC(C(=O)N4CCC(c5ccccc5)(N(C)C)CC4)C3)[nH]c2c1. The molecule has 0 bridgehead atoms. The first-order valence-corrected chi connectivity index (χ1v) is 13.4. The molecule has 37 heavy (non-hydrogen) atoms. The van der Waals surface area contributed by atoms with Crippen LogP contribution in [0, 0.1) is 5.92 Å². The summed E-state index contributed by atoms with van der Waals surface area (Å²) in [6.07, 6.45) is 3.52. The van der Waals surface area contributed by atoms with Gasteiger partial charge in [-0.3, -0.25) is 14.5 Å². The normalized spacial score (nSPS) is 19.9. The van der Waals surface area contributed by atoms with E-state index in [9.17, 15) is 9.59 Å². The van der Waals surface area contributed by atoms with E-state index in [1.54, 1.807) is 0 Å². The molecular formula is C30H39N5O2. The van der Waals surface area contributed by atoms with E-state index in [4.69, 9.17) is 0 Å². The Morgan fingerprint density at radius 1 is 0.919 bits per heavy atom. The Morgan fingerprint density at radius 2 is 1.65 bits per heavy atom. The van der Waals surface area contributed by atoms with Crippen molar-refractivity contribution in [2.75, 3.05) is 59.3 Å². The third-order valence-corrected chi connectivity index (χ3v) is 8.48. The number of rotatable bonds is 5. The maximum Gasteiger partial charge on any atom is 0.270 e. The predicted octanol–water partition coefficient (Wildman–Crippen LogP) is 4.17. The number of likely N-dealkylation sites (tertiary alicyclic amines) is 2. The van der Waals surface area contributed by atoms with Crippen LogP contribution >= 0.6 is 0 Å². The second kappa shape index (κ2) is 10.2. The van der Waals surface area contributed by atoms with Crippen molar-refractivity contribution < 1.29 is 9.59 Å². The second-order valence-corrected chi connectivity index (χ2v) is 11.1. The standard InChI is InChI=1S/C30H39N5O2/c1-32(2)25-13-12-22-19-27(31-26(22)20-25)29(37)35-16-8-9-23(21-35)28(36)34-17-14-30(15-18-34,33(3)4)24-10-6-5-7-11-24/h5-7,10-13,19-20,23,31H,8-9,14-18,21H2,1-4H3. The van der Waals surface area contributed by atoms with Crippen LogP contribution in [0.1, 0.15) is 41.7 Å². The summed E-state index contributed by atoms with van der Waals surface area (Å²) in [5, 5.41) is 1.02. The van der Waals surface area contributed by atoms with Gasteiger partial charge in [0.25, 0.3) is 5.91 Å². The fourth-order valence-electron chi connectivity index (χ4n) is 6.14. The molecule has 2 fully saturated rings. The number of H-pyrrole nitrogens is 1. The highest BCUT2D eigenvalue weighted by molar-refractivity contribution is 5.99. The maximum atomic E-state index is 13.6. The van der Waals surface area contributed by atoms with Crippen molar-refractivity contribution in [2.45, 2.75) is 31.2 Å². The Kier molecular flexibility index (Phi) is 6.99. The number of hydrogen-bond acceptors (Lipinski definition) is 4. The van der Waals surface area contributed by atoms with E-state index in [1.807, 2.05) is 40.9 Å². The van der Waals surface area contributed by atoms with Gasteiger partial charge in [-0.1, -0.05) is 36.4 Å². The van der Waals surface area contributed by atoms with Crippen LogP contribution in [0.3, 0.4) is 0 Å². The van der Waals surface area contributed by atoms with E-state index in [-0.39, 0.29) is 23.3 Å². The predicted molar refractivity (Wildman–Crippen MR) is 149 cm³/mol. The van der Waals surface area contributed by atoms with Gasteiger partial charge in [0.05, 0.1) is 5.92 Å². The molecule has 0 aliphatic carbocycles. The minimum atomic E-state index is -0.133. The lowest BCUT2D eigenvalue weighted by molar-refractivity contribution is -0.139. The van der Waals surface area contributed by atoms with Crippen LogP contribution in [0.4, 0.5) is 5.69 Å². The molecule has 7 nitrogen and oxygen atoms in total. The first kappa shape index (κ1) is 25.3. The number of aromatic nitrogens is 1. The van der Waals surface area contributed by atoms with Gasteiger partial charge in [-0.25, -0.2) is 0 Å². The number of anilines is 1. The molecule has 1 aromatic heterocycles. The average Bonchev–Trinajstić information content (AvgIpc) is 3.36. The minimum absolute atomic E-state index is 0.0190. The zero-order valence-electron chi connectivity index (χ0n) is 22.5. The summed E-state index contributed by atoms with van der Waals surface area (Å²) >= 11 is 0. The van der Waals surface area contributed by atoms with Crippen molar-refractivity contribution in [3.63, 3.8) is 0 Å². The Balaban J connectivity index is 1.25. The maximum absolute atomic E-state index is 13.6. The van der Waals surface area contributed by atoms with Crippen molar-refractivity contribution in [1.82, 2.24) is 19.7 Å². The molecule has 2 aliphatic rings. The summed E-state index contributed by atoms with van der Waals surface area (Å²) in [4.78, 5) is 38.6. The van der Waals surface area contributed by atoms with Gasteiger partial charge in [0.15, 0.2) is 0 Å². The second-order valence-electron chi connectivity index (χ2n) is 11.1. The number of piperidine rings is 2. The fourth-order valence-corrected chi connectivity index (χ4v) is 6.14. The van der Waals surface area contributed by atoms with Crippen LogP contribution in [0.15, 0.2) is 54.6 Å². The summed E-state index contributed by atoms with van der Waals surface area (Å²) in [6.45, 7) is 2.67. The third kappa shape index (κ3) is 4.85. The van der Waals surface area contributed by atoms with E-state index in [1.165, 1.54) is 5.56 Å². The molecule has 2 aromatic carbocycles. The number of carbonyl (C=O) groups excluding carboxylic acids is 2. The number of nitrogens with zero attached hydrogens (tertiary/aromatic N) is 4. The molecule has 2 amide bonds. The Hall–Kier alpha value is -3.32. The zero-order valence-corrected chi connectivity index (χ0v) is 22.5. The highest BCUT2D eigenvalue weighted by Crippen LogP contribution is 2.38. The van der Waals surface area contributed by atoms with E-state index >= 15 is 0 Å². The average molecular weight is 502 g/mol. The number of nitrogens with one attached hydrogen (secondary N) is 1. The third-order valence-electron chi connectivity index (χ3n) is 8.48. The molecule has 3 aromatic rings. The van der Waals surface area contributed by atoms with Crippen LogP contribution in [0.5, 0.6) is 0 Å². The van der Waals surface area contributed by atoms with Crippen LogP contribution in [0.2, 0.25) is 0 Å². The Labute approximate surface area is 220 Å². The Morgan fingerprint density at radius 3 is 2.32 bits per heavy atom. The van der Waals surface area contributed by atoms with Crippen molar-refractivity contribution >= 4 is 28.4 Å². The van der Waals surface area contributed by atoms with Crippen molar-refractivity contribution in [2.24, 2.45) is 5.92 Å². The lowest BCUT2D eigenvalue weighted by atomic mass is 9.79. The molecule has 2 aliphatic heterocycles. The number of carbonyl (C=O) groups is 2. The largest absolute Gasteiger partial charge is 0.378 e. The van der Waals surface area contributed by atoms with Gasteiger partial charge in [0.1, 0.15) is 5.69 Å². The molecule has 0 spiro atoms. The monoisotopic (exact) mass is 501 g/mol. The van der Waals surface area contributed by atoms with Crippen LogP contribution in [-0.2, 0) is 10.3 Å². The van der Waals surface area contributed by atoms with E-state index in [2.05, 4.69) is 66.4 Å². The summed E-state index contributed by atoms with van der Waals surface area (Å²) in [7, 11) is 8.29. The van der Waals surface area contributed by atoms with Crippen molar-refractivity contribution in [3.05, 3.63) is 65.9 Å². The number of amides is 2. The summed E-state index contributed by atoms with van der Waals surface area (Å²) in [6, 6.07) is 18.7. The van der Waals surface area contributed by atoms with Crippen LogP contribution in [0.25, 0.3) is 10.9 Å². The van der Waals surface area contributed by atoms with E-state index in [0.717, 1.165) is 55.4 Å². The van der Waals surface area contributed by atoms with Gasteiger partial charge in [-0.15, -0.1) is 0 Å². The molecule has 1 N–H and O–H groups in total. The van der Waals surface area contributed by atoms with Gasteiger partial charge in [0.2, 0.25) is 5.91 Å². The molecule has 3 heterocycles. The van der Waals surface area contributed by atoms with Crippen molar-refractivity contribution in [1.29, 1.82) is 0 Å². The number of aromatic amines is 1. The molecule has 1 unspecified atom stereocenters. The molecule has 7 heteroatoms. The highest BCUT2D eigenvalue weighted by atomic mass is 16.2.